The number of benzene rings is 1. The summed E-state index contributed by atoms with van der Waals surface area (Å²) in [6.07, 6.45) is 0. The third-order valence-electron chi connectivity index (χ3n) is 3.87. The first-order chi connectivity index (χ1) is 11.7. The third-order valence-corrected chi connectivity index (χ3v) is 4.21. The molecule has 0 aromatic heterocycles. The van der Waals surface area contributed by atoms with Gasteiger partial charge in [-0.2, -0.15) is 0 Å². The molecule has 0 atom stereocenters. The van der Waals surface area contributed by atoms with Crippen LogP contribution in [0.25, 0.3) is 0 Å². The predicted molar refractivity (Wildman–Crippen MR) is 118 cm³/mol. The number of hydrogen-bond donors (Lipinski definition) is 0. The molecule has 0 aliphatic carbocycles. The number of hydrogen-bond acceptors (Lipinski definition) is 4. The lowest BCUT2D eigenvalue weighted by Crippen LogP contribution is -2.30. The van der Waals surface area contributed by atoms with Gasteiger partial charge in [-0.15, -0.1) is 48.0 Å². The molecule has 4 nitrogen and oxygen atoms in total. The molecule has 1 aromatic rings. The van der Waals surface area contributed by atoms with Gasteiger partial charge in [-0.3, -0.25) is 9.80 Å². The Bertz CT molecular complexity index is 385. The number of halogens is 4. The highest BCUT2D eigenvalue weighted by molar-refractivity contribution is 6.18. The number of likely N-dealkylation sites (N-methyl/N-ethyl adjacent to an activating group) is 2. The summed E-state index contributed by atoms with van der Waals surface area (Å²) in [6, 6.07) is 7.79. The molecule has 154 valence electrons. The molecule has 0 heterocycles. The van der Waals surface area contributed by atoms with Crippen LogP contribution in [-0.4, -0.2) is 74.0 Å². The van der Waals surface area contributed by atoms with Gasteiger partial charge in [-0.25, -0.2) is 0 Å². The van der Waals surface area contributed by atoms with Crippen molar-refractivity contribution in [1.29, 1.82) is 0 Å². The van der Waals surface area contributed by atoms with Crippen molar-refractivity contribution in [3.8, 4) is 11.5 Å². The minimum absolute atomic E-state index is 0. The van der Waals surface area contributed by atoms with Gasteiger partial charge in [0.25, 0.3) is 0 Å². The average molecular weight is 450 g/mol. The number of ether oxygens (including phenoxy) is 2. The number of alkyl halides is 2. The van der Waals surface area contributed by atoms with E-state index in [0.29, 0.717) is 25.0 Å². The first kappa shape index (κ1) is 28.1. The van der Waals surface area contributed by atoms with Gasteiger partial charge < -0.3 is 9.47 Å². The summed E-state index contributed by atoms with van der Waals surface area (Å²) in [5.41, 5.74) is 0. The van der Waals surface area contributed by atoms with Gasteiger partial charge in [0.1, 0.15) is 24.7 Å². The summed E-state index contributed by atoms with van der Waals surface area (Å²) < 4.78 is 11.5. The topological polar surface area (TPSA) is 24.9 Å². The van der Waals surface area contributed by atoms with Crippen LogP contribution >= 0.6 is 48.0 Å². The highest BCUT2D eigenvalue weighted by Crippen LogP contribution is 2.17. The molecule has 0 spiro atoms. The predicted octanol–water partition coefficient (Wildman–Crippen LogP) is 4.41. The van der Waals surface area contributed by atoms with Gasteiger partial charge in [0, 0.05) is 37.9 Å². The summed E-state index contributed by atoms with van der Waals surface area (Å²) in [4.78, 5) is 4.54. The zero-order chi connectivity index (χ0) is 17.6. The fraction of sp³-hybridized carbons (Fsp3) is 0.667. The lowest BCUT2D eigenvalue weighted by molar-refractivity contribution is 0.220. The molecule has 0 saturated carbocycles. The average Bonchev–Trinajstić information content (AvgIpc) is 2.61. The van der Waals surface area contributed by atoms with Crippen LogP contribution in [0, 0.1) is 0 Å². The van der Waals surface area contributed by atoms with Crippen molar-refractivity contribution < 1.29 is 9.47 Å². The molecule has 8 heteroatoms. The molecular weight excluding hydrogens is 418 g/mol. The molecule has 1 rings (SSSR count). The molecule has 0 aliphatic heterocycles. The second-order valence-corrected chi connectivity index (χ2v) is 6.17. The summed E-state index contributed by atoms with van der Waals surface area (Å²) in [5.74, 6) is 3.03. The lowest BCUT2D eigenvalue weighted by atomic mass is 10.3. The molecule has 0 aliphatic rings. The van der Waals surface area contributed by atoms with Crippen molar-refractivity contribution in [2.75, 3.05) is 64.2 Å². The van der Waals surface area contributed by atoms with E-state index in [1.165, 1.54) is 0 Å². The molecule has 0 unspecified atom stereocenters. The minimum atomic E-state index is 0. The third kappa shape index (κ3) is 12.3. The molecule has 0 radical (unpaired) electrons. The molecular formula is C18H32Cl4N2O2. The summed E-state index contributed by atoms with van der Waals surface area (Å²) in [6.45, 7) is 11.1. The van der Waals surface area contributed by atoms with E-state index in [4.69, 9.17) is 32.7 Å². The summed E-state index contributed by atoms with van der Waals surface area (Å²) in [5, 5.41) is 0. The second-order valence-electron chi connectivity index (χ2n) is 5.41. The van der Waals surface area contributed by atoms with E-state index >= 15 is 0 Å². The van der Waals surface area contributed by atoms with Gasteiger partial charge in [0.15, 0.2) is 0 Å². The Morgan fingerprint density at radius 1 is 0.692 bits per heavy atom. The molecule has 0 bridgehead atoms. The Hall–Kier alpha value is -0.100. The van der Waals surface area contributed by atoms with Crippen LogP contribution in [0.5, 0.6) is 11.5 Å². The molecule has 0 fully saturated rings. The van der Waals surface area contributed by atoms with Crippen LogP contribution in [0.3, 0.4) is 0 Å². The van der Waals surface area contributed by atoms with E-state index in [-0.39, 0.29) is 24.8 Å². The van der Waals surface area contributed by atoms with E-state index in [1.807, 2.05) is 24.3 Å². The summed E-state index contributed by atoms with van der Waals surface area (Å²) >= 11 is 11.5. The monoisotopic (exact) mass is 448 g/mol. The van der Waals surface area contributed by atoms with Crippen molar-refractivity contribution in [3.05, 3.63) is 24.3 Å². The SMILES string of the molecule is CCN(CCCl)CCOc1ccc(OCCN(CC)CCCl)cc1.Cl.Cl. The van der Waals surface area contributed by atoms with Gasteiger partial charge in [-0.1, -0.05) is 13.8 Å². The van der Waals surface area contributed by atoms with Crippen molar-refractivity contribution in [3.63, 3.8) is 0 Å². The van der Waals surface area contributed by atoms with Crippen molar-refractivity contribution in [2.24, 2.45) is 0 Å². The zero-order valence-corrected chi connectivity index (χ0v) is 18.8. The van der Waals surface area contributed by atoms with E-state index in [1.54, 1.807) is 0 Å². The summed E-state index contributed by atoms with van der Waals surface area (Å²) in [7, 11) is 0. The first-order valence-electron chi connectivity index (χ1n) is 8.65. The largest absolute Gasteiger partial charge is 0.492 e. The van der Waals surface area contributed by atoms with Crippen molar-refractivity contribution >= 4 is 48.0 Å². The molecule has 1 aromatic carbocycles. The first-order valence-corrected chi connectivity index (χ1v) is 9.72. The van der Waals surface area contributed by atoms with Crippen LogP contribution in [0.4, 0.5) is 0 Å². The van der Waals surface area contributed by atoms with E-state index in [9.17, 15) is 0 Å². The van der Waals surface area contributed by atoms with E-state index in [2.05, 4.69) is 23.6 Å². The highest BCUT2D eigenvalue weighted by Gasteiger charge is 2.03. The highest BCUT2D eigenvalue weighted by atomic mass is 35.5. The number of rotatable bonds is 14. The Balaban J connectivity index is 0. The van der Waals surface area contributed by atoms with Gasteiger partial charge in [0.2, 0.25) is 0 Å². The van der Waals surface area contributed by atoms with Gasteiger partial charge >= 0.3 is 0 Å². The Morgan fingerprint density at radius 2 is 1.04 bits per heavy atom. The smallest absolute Gasteiger partial charge is 0.119 e. The molecule has 0 saturated heterocycles. The lowest BCUT2D eigenvalue weighted by Gasteiger charge is -2.19. The molecule has 0 amide bonds. The Labute approximate surface area is 180 Å². The van der Waals surface area contributed by atoms with Crippen LogP contribution in [0.2, 0.25) is 0 Å². The van der Waals surface area contributed by atoms with Gasteiger partial charge in [-0.05, 0) is 37.4 Å². The second kappa shape index (κ2) is 18.3. The van der Waals surface area contributed by atoms with Crippen LogP contribution in [-0.2, 0) is 0 Å². The van der Waals surface area contributed by atoms with E-state index < -0.39 is 0 Å². The Morgan fingerprint density at radius 3 is 1.31 bits per heavy atom. The normalized spacial score (nSPS) is 10.4. The van der Waals surface area contributed by atoms with Crippen molar-refractivity contribution in [2.45, 2.75) is 13.8 Å². The van der Waals surface area contributed by atoms with E-state index in [0.717, 1.165) is 50.8 Å². The maximum absolute atomic E-state index is 5.77. The quantitative estimate of drug-likeness (QED) is 0.392. The Kier molecular flexibility index (Phi) is 19.8. The van der Waals surface area contributed by atoms with Crippen LogP contribution in [0.1, 0.15) is 13.8 Å². The fourth-order valence-electron chi connectivity index (χ4n) is 2.31. The van der Waals surface area contributed by atoms with Gasteiger partial charge in [0.05, 0.1) is 0 Å². The molecule has 26 heavy (non-hydrogen) atoms. The zero-order valence-electron chi connectivity index (χ0n) is 15.7. The van der Waals surface area contributed by atoms with Crippen molar-refractivity contribution in [1.82, 2.24) is 9.80 Å². The molecule has 0 N–H and O–H groups in total. The minimum Gasteiger partial charge on any atom is -0.492 e. The van der Waals surface area contributed by atoms with Crippen LogP contribution in [0.15, 0.2) is 24.3 Å². The van der Waals surface area contributed by atoms with Crippen LogP contribution < -0.4 is 9.47 Å². The maximum Gasteiger partial charge on any atom is 0.119 e. The fourth-order valence-corrected chi connectivity index (χ4v) is 2.79. The standard InChI is InChI=1S/C18H30Cl2N2O2.2ClH/c1-3-21(11-9-19)13-15-23-17-5-7-18(8-6-17)24-16-14-22(4-2)12-10-20;;/h5-8H,3-4,9-16H2,1-2H3;2*1H. The number of nitrogens with zero attached hydrogens (tertiary/aromatic N) is 2. The maximum atomic E-state index is 5.77.